The minimum Gasteiger partial charge on any atom is -0.492 e. The van der Waals surface area contributed by atoms with Crippen LogP contribution in [0.4, 0.5) is 5.69 Å². The number of rotatable bonds is 5. The van der Waals surface area contributed by atoms with Gasteiger partial charge in [0.15, 0.2) is 0 Å². The van der Waals surface area contributed by atoms with E-state index in [1.54, 1.807) is 0 Å². The quantitative estimate of drug-likeness (QED) is 0.837. The Balaban J connectivity index is 2.14. The molecule has 2 aromatic carbocycles. The maximum Gasteiger partial charge on any atom is 0.142 e. The van der Waals surface area contributed by atoms with Crippen molar-refractivity contribution in [2.24, 2.45) is 0 Å². The summed E-state index contributed by atoms with van der Waals surface area (Å²) in [5.74, 6) is 0.880. The first-order chi connectivity index (χ1) is 9.20. The molecule has 1 N–H and O–H groups in total. The van der Waals surface area contributed by atoms with Crippen molar-refractivity contribution >= 4 is 17.3 Å². The second-order valence-electron chi connectivity index (χ2n) is 4.35. The van der Waals surface area contributed by atoms with E-state index in [-0.39, 0.29) is 6.04 Å². The fraction of sp³-hybridized carbons (Fsp3) is 0.250. The molecule has 2 nitrogen and oxygen atoms in total. The van der Waals surface area contributed by atoms with Gasteiger partial charge in [0.2, 0.25) is 0 Å². The Bertz CT molecular complexity index is 525. The van der Waals surface area contributed by atoms with E-state index in [0.29, 0.717) is 6.61 Å². The van der Waals surface area contributed by atoms with E-state index in [0.717, 1.165) is 16.5 Å². The molecule has 0 bridgehead atoms. The van der Waals surface area contributed by atoms with Gasteiger partial charge in [-0.25, -0.2) is 0 Å². The maximum atomic E-state index is 5.90. The summed E-state index contributed by atoms with van der Waals surface area (Å²) in [6, 6.07) is 16.0. The molecule has 0 radical (unpaired) electrons. The Morgan fingerprint density at radius 2 is 1.79 bits per heavy atom. The van der Waals surface area contributed by atoms with E-state index >= 15 is 0 Å². The molecule has 2 rings (SSSR count). The molecule has 3 heteroatoms. The molecule has 2 aromatic rings. The van der Waals surface area contributed by atoms with Crippen LogP contribution in [0.15, 0.2) is 48.5 Å². The summed E-state index contributed by atoms with van der Waals surface area (Å²) in [5, 5.41) is 4.22. The van der Waals surface area contributed by atoms with Crippen LogP contribution in [-0.4, -0.2) is 6.61 Å². The number of halogens is 1. The number of benzene rings is 2. The predicted molar refractivity (Wildman–Crippen MR) is 81.1 cm³/mol. The molecule has 0 saturated heterocycles. The molecule has 0 heterocycles. The van der Waals surface area contributed by atoms with Gasteiger partial charge in [-0.1, -0.05) is 35.9 Å². The van der Waals surface area contributed by atoms with Crippen LogP contribution in [0.1, 0.15) is 25.5 Å². The van der Waals surface area contributed by atoms with Crippen LogP contribution < -0.4 is 10.1 Å². The molecule has 0 saturated carbocycles. The first-order valence-electron chi connectivity index (χ1n) is 6.44. The third kappa shape index (κ3) is 3.65. The fourth-order valence-corrected chi connectivity index (χ4v) is 2.06. The Hall–Kier alpha value is -1.67. The van der Waals surface area contributed by atoms with E-state index in [9.17, 15) is 0 Å². The van der Waals surface area contributed by atoms with E-state index in [1.165, 1.54) is 5.56 Å². The highest BCUT2D eigenvalue weighted by molar-refractivity contribution is 6.30. The van der Waals surface area contributed by atoms with Crippen LogP contribution in [0.3, 0.4) is 0 Å². The second kappa shape index (κ2) is 6.48. The normalized spacial score (nSPS) is 11.9. The van der Waals surface area contributed by atoms with E-state index < -0.39 is 0 Å². The smallest absolute Gasteiger partial charge is 0.142 e. The van der Waals surface area contributed by atoms with Crippen molar-refractivity contribution in [1.82, 2.24) is 0 Å². The van der Waals surface area contributed by atoms with Crippen LogP contribution in [0, 0.1) is 0 Å². The fourth-order valence-electron chi connectivity index (χ4n) is 1.94. The summed E-state index contributed by atoms with van der Waals surface area (Å²) < 4.78 is 5.61. The number of nitrogens with one attached hydrogen (secondary N) is 1. The first-order valence-corrected chi connectivity index (χ1v) is 6.82. The lowest BCUT2D eigenvalue weighted by Gasteiger charge is -2.18. The average Bonchev–Trinajstić information content (AvgIpc) is 2.42. The zero-order chi connectivity index (χ0) is 13.7. The Kier molecular flexibility index (Phi) is 4.69. The number of hydrogen-bond acceptors (Lipinski definition) is 2. The highest BCUT2D eigenvalue weighted by Gasteiger charge is 2.08. The zero-order valence-electron chi connectivity index (χ0n) is 11.2. The Morgan fingerprint density at radius 3 is 2.47 bits per heavy atom. The molecule has 100 valence electrons. The molecule has 0 spiro atoms. The van der Waals surface area contributed by atoms with Crippen molar-refractivity contribution in [3.05, 3.63) is 59.1 Å². The molecular formula is C16H18ClNO. The third-order valence-corrected chi connectivity index (χ3v) is 3.18. The molecule has 0 amide bonds. The molecule has 0 fully saturated rings. The van der Waals surface area contributed by atoms with Crippen LogP contribution in [-0.2, 0) is 0 Å². The van der Waals surface area contributed by atoms with Gasteiger partial charge in [-0.2, -0.15) is 0 Å². The van der Waals surface area contributed by atoms with Gasteiger partial charge in [0, 0.05) is 11.1 Å². The summed E-state index contributed by atoms with van der Waals surface area (Å²) in [7, 11) is 0. The van der Waals surface area contributed by atoms with E-state index in [1.807, 2.05) is 55.5 Å². The standard InChI is InChI=1S/C16H18ClNO/c1-3-19-16-7-5-4-6-15(16)18-12(2)13-8-10-14(17)11-9-13/h4-12,18H,3H2,1-2H3. The molecule has 0 aromatic heterocycles. The van der Waals surface area contributed by atoms with Gasteiger partial charge >= 0.3 is 0 Å². The number of para-hydroxylation sites is 2. The molecule has 19 heavy (non-hydrogen) atoms. The van der Waals surface area contributed by atoms with E-state index in [2.05, 4.69) is 12.2 Å². The molecule has 1 atom stereocenters. The van der Waals surface area contributed by atoms with Crippen molar-refractivity contribution in [2.75, 3.05) is 11.9 Å². The van der Waals surface area contributed by atoms with Crippen molar-refractivity contribution in [3.8, 4) is 5.75 Å². The van der Waals surface area contributed by atoms with Crippen molar-refractivity contribution in [1.29, 1.82) is 0 Å². The van der Waals surface area contributed by atoms with Gasteiger partial charge in [-0.05, 0) is 43.7 Å². The van der Waals surface area contributed by atoms with E-state index in [4.69, 9.17) is 16.3 Å². The summed E-state index contributed by atoms with van der Waals surface area (Å²) >= 11 is 5.90. The predicted octanol–water partition coefficient (Wildman–Crippen LogP) is 4.91. The second-order valence-corrected chi connectivity index (χ2v) is 4.78. The number of anilines is 1. The topological polar surface area (TPSA) is 21.3 Å². The van der Waals surface area contributed by atoms with Crippen LogP contribution in [0.5, 0.6) is 5.75 Å². The monoisotopic (exact) mass is 275 g/mol. The lowest BCUT2D eigenvalue weighted by atomic mass is 10.1. The highest BCUT2D eigenvalue weighted by atomic mass is 35.5. The highest BCUT2D eigenvalue weighted by Crippen LogP contribution is 2.28. The molecule has 0 aliphatic rings. The SMILES string of the molecule is CCOc1ccccc1NC(C)c1ccc(Cl)cc1. The van der Waals surface area contributed by atoms with Gasteiger partial charge in [0.25, 0.3) is 0 Å². The molecule has 1 unspecified atom stereocenters. The Morgan fingerprint density at radius 1 is 1.11 bits per heavy atom. The van der Waals surface area contributed by atoms with Gasteiger partial charge in [0.05, 0.1) is 12.3 Å². The number of ether oxygens (including phenoxy) is 1. The molecular weight excluding hydrogens is 258 g/mol. The van der Waals surface area contributed by atoms with Crippen molar-refractivity contribution in [2.45, 2.75) is 19.9 Å². The Labute approximate surface area is 119 Å². The van der Waals surface area contributed by atoms with Crippen molar-refractivity contribution < 1.29 is 4.74 Å². The summed E-state index contributed by atoms with van der Waals surface area (Å²) in [4.78, 5) is 0. The molecule has 0 aliphatic carbocycles. The minimum absolute atomic E-state index is 0.193. The lowest BCUT2D eigenvalue weighted by Crippen LogP contribution is -2.08. The third-order valence-electron chi connectivity index (χ3n) is 2.93. The maximum absolute atomic E-state index is 5.90. The average molecular weight is 276 g/mol. The van der Waals surface area contributed by atoms with Crippen molar-refractivity contribution in [3.63, 3.8) is 0 Å². The zero-order valence-corrected chi connectivity index (χ0v) is 11.9. The summed E-state index contributed by atoms with van der Waals surface area (Å²) in [6.07, 6.45) is 0. The van der Waals surface area contributed by atoms with Crippen LogP contribution >= 0.6 is 11.6 Å². The summed E-state index contributed by atoms with van der Waals surface area (Å²) in [6.45, 7) is 4.76. The number of hydrogen-bond donors (Lipinski definition) is 1. The van der Waals surface area contributed by atoms with Gasteiger partial charge in [-0.3, -0.25) is 0 Å². The summed E-state index contributed by atoms with van der Waals surface area (Å²) in [5.41, 5.74) is 2.20. The lowest BCUT2D eigenvalue weighted by molar-refractivity contribution is 0.341. The van der Waals surface area contributed by atoms with Crippen LogP contribution in [0.2, 0.25) is 5.02 Å². The minimum atomic E-state index is 0.193. The first kappa shape index (κ1) is 13.8. The molecule has 0 aliphatic heterocycles. The van der Waals surface area contributed by atoms with Gasteiger partial charge in [-0.15, -0.1) is 0 Å². The van der Waals surface area contributed by atoms with Gasteiger partial charge < -0.3 is 10.1 Å². The van der Waals surface area contributed by atoms with Gasteiger partial charge in [0.1, 0.15) is 5.75 Å². The van der Waals surface area contributed by atoms with Crippen LogP contribution in [0.25, 0.3) is 0 Å². The largest absolute Gasteiger partial charge is 0.492 e.